The van der Waals surface area contributed by atoms with Gasteiger partial charge in [0.25, 0.3) is 0 Å². The Bertz CT molecular complexity index is 552. The Hall–Kier alpha value is -1.96. The Morgan fingerprint density at radius 2 is 2.12 bits per heavy atom. The van der Waals surface area contributed by atoms with E-state index in [4.69, 9.17) is 5.11 Å². The maximum atomic E-state index is 11.3. The Balaban J connectivity index is 2.79. The molecule has 0 aliphatic carbocycles. The molecular weight excluding hydrogens is 248 g/mol. The molecule has 0 bridgehead atoms. The van der Waals surface area contributed by atoms with Crippen LogP contribution in [0, 0.1) is 0 Å². The first-order valence-electron chi connectivity index (χ1n) is 4.45. The molecule has 92 valence electrons. The van der Waals surface area contributed by atoms with Crippen molar-refractivity contribution < 1.29 is 23.1 Å². The molecule has 1 rings (SSSR count). The average Bonchev–Trinajstić information content (AvgIpc) is 2.14. The molecule has 1 aromatic heterocycles. The number of carbonyl (C=O) groups is 2. The van der Waals surface area contributed by atoms with Gasteiger partial charge in [-0.05, 0) is 12.1 Å². The smallest absolute Gasteiger partial charge is 0.354 e. The zero-order valence-corrected chi connectivity index (χ0v) is 9.69. The molecule has 0 aromatic carbocycles. The van der Waals surface area contributed by atoms with Crippen molar-refractivity contribution in [2.45, 2.75) is 0 Å². The van der Waals surface area contributed by atoms with E-state index in [1.54, 1.807) is 0 Å². The van der Waals surface area contributed by atoms with Crippen LogP contribution < -0.4 is 5.32 Å². The van der Waals surface area contributed by atoms with Crippen molar-refractivity contribution in [1.82, 2.24) is 4.98 Å². The molecule has 0 saturated carbocycles. The van der Waals surface area contributed by atoms with Crippen LogP contribution in [0.5, 0.6) is 0 Å². The average molecular weight is 258 g/mol. The van der Waals surface area contributed by atoms with Crippen molar-refractivity contribution >= 4 is 27.4 Å². The van der Waals surface area contributed by atoms with Crippen LogP contribution in [0.2, 0.25) is 0 Å². The number of carbonyl (C=O) groups excluding carboxylic acids is 1. The number of hydrogen-bond acceptors (Lipinski definition) is 5. The van der Waals surface area contributed by atoms with Gasteiger partial charge in [-0.15, -0.1) is 0 Å². The minimum Gasteiger partial charge on any atom is -0.477 e. The topological polar surface area (TPSA) is 113 Å². The van der Waals surface area contributed by atoms with Crippen LogP contribution in [-0.2, 0) is 14.6 Å². The highest BCUT2D eigenvalue weighted by molar-refractivity contribution is 7.91. The molecule has 0 unspecified atom stereocenters. The van der Waals surface area contributed by atoms with Crippen molar-refractivity contribution in [1.29, 1.82) is 0 Å². The number of aromatic carboxylic acids is 1. The first kappa shape index (κ1) is 13.1. The van der Waals surface area contributed by atoms with Gasteiger partial charge >= 0.3 is 5.97 Å². The van der Waals surface area contributed by atoms with Crippen molar-refractivity contribution in [3.63, 3.8) is 0 Å². The Morgan fingerprint density at radius 3 is 2.65 bits per heavy atom. The number of nitrogens with zero attached hydrogens (tertiary/aromatic N) is 1. The molecule has 0 atom stereocenters. The van der Waals surface area contributed by atoms with Crippen molar-refractivity contribution in [2.24, 2.45) is 0 Å². The van der Waals surface area contributed by atoms with Crippen molar-refractivity contribution in [3.8, 4) is 0 Å². The third-order valence-electron chi connectivity index (χ3n) is 1.66. The summed E-state index contributed by atoms with van der Waals surface area (Å²) in [7, 11) is -3.41. The molecule has 0 fully saturated rings. The monoisotopic (exact) mass is 258 g/mol. The van der Waals surface area contributed by atoms with Gasteiger partial charge in [0.1, 0.15) is 11.4 Å². The summed E-state index contributed by atoms with van der Waals surface area (Å²) in [6, 6.07) is 2.51. The zero-order chi connectivity index (χ0) is 13.1. The van der Waals surface area contributed by atoms with Gasteiger partial charge in [-0.1, -0.05) is 0 Å². The molecule has 1 aromatic rings. The van der Waals surface area contributed by atoms with Crippen LogP contribution >= 0.6 is 0 Å². The maximum Gasteiger partial charge on any atom is 0.354 e. The second kappa shape index (κ2) is 4.91. The van der Waals surface area contributed by atoms with E-state index in [0.29, 0.717) is 0 Å². The van der Waals surface area contributed by atoms with E-state index in [2.05, 4.69) is 10.3 Å². The highest BCUT2D eigenvalue weighted by Gasteiger charge is 2.12. The predicted molar refractivity (Wildman–Crippen MR) is 59.5 cm³/mol. The molecule has 1 heterocycles. The third kappa shape index (κ3) is 4.60. The lowest BCUT2D eigenvalue weighted by Crippen LogP contribution is -2.22. The molecule has 7 nitrogen and oxygen atoms in total. The van der Waals surface area contributed by atoms with Gasteiger partial charge in [0.15, 0.2) is 9.84 Å². The van der Waals surface area contributed by atoms with E-state index in [9.17, 15) is 18.0 Å². The number of aromatic nitrogens is 1. The second-order valence-electron chi connectivity index (χ2n) is 3.35. The van der Waals surface area contributed by atoms with E-state index < -0.39 is 27.5 Å². The molecule has 0 spiro atoms. The van der Waals surface area contributed by atoms with Gasteiger partial charge in [-0.3, -0.25) is 4.79 Å². The summed E-state index contributed by atoms with van der Waals surface area (Å²) in [4.78, 5) is 25.4. The molecular formula is C9H10N2O5S. The third-order valence-corrected chi connectivity index (χ3v) is 2.44. The number of carboxylic acids is 1. The van der Waals surface area contributed by atoms with Crippen molar-refractivity contribution in [2.75, 3.05) is 17.3 Å². The van der Waals surface area contributed by atoms with Crippen LogP contribution in [0.15, 0.2) is 18.3 Å². The quantitative estimate of drug-likeness (QED) is 0.770. The molecule has 0 radical (unpaired) electrons. The van der Waals surface area contributed by atoms with Gasteiger partial charge in [0.05, 0.1) is 0 Å². The van der Waals surface area contributed by atoms with Gasteiger partial charge in [0, 0.05) is 18.1 Å². The van der Waals surface area contributed by atoms with Gasteiger partial charge < -0.3 is 10.4 Å². The van der Waals surface area contributed by atoms with E-state index in [-0.39, 0.29) is 11.4 Å². The fourth-order valence-electron chi connectivity index (χ4n) is 1.06. The molecule has 8 heteroatoms. The van der Waals surface area contributed by atoms with Gasteiger partial charge in [-0.2, -0.15) is 0 Å². The van der Waals surface area contributed by atoms with Crippen LogP contribution in [0.1, 0.15) is 10.5 Å². The zero-order valence-electron chi connectivity index (χ0n) is 8.87. The molecule has 0 aliphatic rings. The highest BCUT2D eigenvalue weighted by Crippen LogP contribution is 2.08. The Kier molecular flexibility index (Phi) is 3.79. The predicted octanol–water partition coefficient (Wildman–Crippen LogP) is -0.237. The molecule has 0 aliphatic heterocycles. The summed E-state index contributed by atoms with van der Waals surface area (Å²) >= 11 is 0. The van der Waals surface area contributed by atoms with E-state index in [1.807, 2.05) is 0 Å². The van der Waals surface area contributed by atoms with E-state index >= 15 is 0 Å². The summed E-state index contributed by atoms with van der Waals surface area (Å²) in [6.07, 6.45) is 2.14. The summed E-state index contributed by atoms with van der Waals surface area (Å²) in [5.41, 5.74) is -0.0480. The lowest BCUT2D eigenvalue weighted by molar-refractivity contribution is -0.113. The first-order chi connectivity index (χ1) is 7.78. The fraction of sp³-hybridized carbons (Fsp3) is 0.222. The normalized spacial score (nSPS) is 10.9. The number of sulfone groups is 1. The van der Waals surface area contributed by atoms with E-state index in [0.717, 1.165) is 12.3 Å². The molecule has 2 N–H and O–H groups in total. The fourth-order valence-corrected chi connectivity index (χ4v) is 1.61. The second-order valence-corrected chi connectivity index (χ2v) is 5.49. The summed E-state index contributed by atoms with van der Waals surface area (Å²) in [6.45, 7) is 0. The first-order valence-corrected chi connectivity index (χ1v) is 6.51. The number of rotatable bonds is 4. The van der Waals surface area contributed by atoms with Gasteiger partial charge in [-0.25, -0.2) is 18.2 Å². The maximum absolute atomic E-state index is 11.3. The van der Waals surface area contributed by atoms with Crippen molar-refractivity contribution in [3.05, 3.63) is 24.0 Å². The van der Waals surface area contributed by atoms with E-state index in [1.165, 1.54) is 12.3 Å². The molecule has 0 saturated heterocycles. The Morgan fingerprint density at radius 1 is 1.47 bits per heavy atom. The Labute approximate surface area is 97.4 Å². The number of pyridine rings is 1. The SMILES string of the molecule is CS(=O)(=O)CC(=O)Nc1ccnc(C(=O)O)c1. The number of anilines is 1. The van der Waals surface area contributed by atoms with Gasteiger partial charge in [0.2, 0.25) is 5.91 Å². The minimum absolute atomic E-state index is 0.186. The summed E-state index contributed by atoms with van der Waals surface area (Å²) < 4.78 is 21.7. The van der Waals surface area contributed by atoms with Crippen LogP contribution in [0.4, 0.5) is 5.69 Å². The summed E-state index contributed by atoms with van der Waals surface area (Å²) in [5, 5.41) is 10.9. The lowest BCUT2D eigenvalue weighted by Gasteiger charge is -2.04. The number of nitrogens with one attached hydrogen (secondary N) is 1. The number of carboxylic acid groups (broad SMARTS) is 1. The van der Waals surface area contributed by atoms with Crippen LogP contribution in [0.25, 0.3) is 0 Å². The lowest BCUT2D eigenvalue weighted by atomic mass is 10.3. The minimum atomic E-state index is -3.41. The molecule has 17 heavy (non-hydrogen) atoms. The standard InChI is InChI=1S/C9H10N2O5S/c1-17(15,16)5-8(12)11-6-2-3-10-7(4-6)9(13)14/h2-4H,5H2,1H3,(H,13,14)(H,10,11,12). The number of hydrogen-bond donors (Lipinski definition) is 2. The molecule has 1 amide bonds. The highest BCUT2D eigenvalue weighted by atomic mass is 32.2. The van der Waals surface area contributed by atoms with Crippen LogP contribution in [0.3, 0.4) is 0 Å². The largest absolute Gasteiger partial charge is 0.477 e. The number of amides is 1. The van der Waals surface area contributed by atoms with Crippen LogP contribution in [-0.4, -0.2) is 42.4 Å². The summed E-state index contributed by atoms with van der Waals surface area (Å²) in [5.74, 6) is -2.61.